The molecule has 1 aromatic rings. The minimum atomic E-state index is -4.08. The van der Waals surface area contributed by atoms with E-state index in [9.17, 15) is 23.7 Å². The lowest BCUT2D eigenvalue weighted by molar-refractivity contribution is -0.207. The molecule has 1 heterocycles. The van der Waals surface area contributed by atoms with Crippen molar-refractivity contribution in [1.29, 1.82) is 0 Å². The quantitative estimate of drug-likeness (QED) is 0.538. The Hall–Kier alpha value is -1.03. The van der Waals surface area contributed by atoms with Crippen molar-refractivity contribution in [2.75, 3.05) is 6.61 Å². The number of sulfone groups is 1. The molecule has 0 unspecified atom stereocenters. The van der Waals surface area contributed by atoms with Crippen molar-refractivity contribution in [3.63, 3.8) is 0 Å². The maximum absolute atomic E-state index is 12.5. The molecular formula is C13H18O7S. The summed E-state index contributed by atoms with van der Waals surface area (Å²) in [6.07, 6.45) is -6.38. The maximum atomic E-state index is 12.5. The van der Waals surface area contributed by atoms with E-state index in [0.717, 1.165) is 5.56 Å². The molecule has 118 valence electrons. The fourth-order valence-electron chi connectivity index (χ4n) is 2.19. The van der Waals surface area contributed by atoms with Crippen molar-refractivity contribution in [1.82, 2.24) is 0 Å². The SMILES string of the molecule is Cc1ccc(S(=O)(=O)[C@H]2O[C@@H](CO)[C@@H](O)[C@@H](O)[C@@H]2O)cc1. The highest BCUT2D eigenvalue weighted by atomic mass is 32.2. The summed E-state index contributed by atoms with van der Waals surface area (Å²) in [6.45, 7) is 1.12. The van der Waals surface area contributed by atoms with E-state index >= 15 is 0 Å². The van der Waals surface area contributed by atoms with Crippen LogP contribution in [0.3, 0.4) is 0 Å². The first kappa shape index (κ1) is 16.3. The summed E-state index contributed by atoms with van der Waals surface area (Å²) in [7, 11) is -4.08. The van der Waals surface area contributed by atoms with Crippen molar-refractivity contribution in [3.05, 3.63) is 29.8 Å². The highest BCUT2D eigenvalue weighted by molar-refractivity contribution is 7.92. The first-order valence-electron chi connectivity index (χ1n) is 6.40. The summed E-state index contributed by atoms with van der Waals surface area (Å²) in [6, 6.07) is 5.92. The third kappa shape index (κ3) is 2.96. The minimum Gasteiger partial charge on any atom is -0.394 e. The Balaban J connectivity index is 2.36. The minimum absolute atomic E-state index is 0.0718. The van der Waals surface area contributed by atoms with Crippen LogP contribution in [0.4, 0.5) is 0 Å². The van der Waals surface area contributed by atoms with Crippen LogP contribution < -0.4 is 0 Å². The number of aryl methyl sites for hydroxylation is 1. The Morgan fingerprint density at radius 2 is 1.62 bits per heavy atom. The lowest BCUT2D eigenvalue weighted by Gasteiger charge is -2.39. The molecule has 1 aliphatic heterocycles. The molecule has 1 aromatic carbocycles. The smallest absolute Gasteiger partial charge is 0.207 e. The molecule has 0 aliphatic carbocycles. The van der Waals surface area contributed by atoms with Crippen LogP contribution in [-0.4, -0.2) is 65.3 Å². The summed E-state index contributed by atoms with van der Waals surface area (Å²) >= 11 is 0. The lowest BCUT2D eigenvalue weighted by Crippen LogP contribution is -2.60. The second-order valence-electron chi connectivity index (χ2n) is 5.06. The monoisotopic (exact) mass is 318 g/mol. The molecule has 1 aliphatic rings. The van der Waals surface area contributed by atoms with Crippen LogP contribution in [0.1, 0.15) is 5.56 Å². The van der Waals surface area contributed by atoms with Crippen LogP contribution in [0.2, 0.25) is 0 Å². The third-order valence-electron chi connectivity index (χ3n) is 3.50. The van der Waals surface area contributed by atoms with Gasteiger partial charge in [0.05, 0.1) is 11.5 Å². The van der Waals surface area contributed by atoms with Crippen molar-refractivity contribution in [3.8, 4) is 0 Å². The standard InChI is InChI=1S/C13H18O7S/c1-7-2-4-8(5-3-7)21(18,19)13-12(17)11(16)10(15)9(6-14)20-13/h2-5,9-17H,6H2,1H3/t9-,10+,11+,12-,13+/m0/s1. The summed E-state index contributed by atoms with van der Waals surface area (Å²) < 4.78 is 30.0. The van der Waals surface area contributed by atoms with Gasteiger partial charge in [-0.15, -0.1) is 0 Å². The number of benzene rings is 1. The highest BCUT2D eigenvalue weighted by Gasteiger charge is 2.49. The van der Waals surface area contributed by atoms with Gasteiger partial charge < -0.3 is 25.2 Å². The van der Waals surface area contributed by atoms with Crippen LogP contribution in [0, 0.1) is 6.92 Å². The van der Waals surface area contributed by atoms with E-state index in [-0.39, 0.29) is 4.90 Å². The number of hydrogen-bond acceptors (Lipinski definition) is 7. The predicted octanol–water partition coefficient (Wildman–Crippen LogP) is -1.43. The highest BCUT2D eigenvalue weighted by Crippen LogP contribution is 2.28. The summed E-state index contributed by atoms with van der Waals surface area (Å²) in [5.41, 5.74) is -0.890. The van der Waals surface area contributed by atoms with E-state index in [4.69, 9.17) is 9.84 Å². The molecule has 1 saturated heterocycles. The summed E-state index contributed by atoms with van der Waals surface area (Å²) in [4.78, 5) is -0.0718. The van der Waals surface area contributed by atoms with E-state index in [1.165, 1.54) is 12.1 Å². The molecule has 1 fully saturated rings. The van der Waals surface area contributed by atoms with Crippen LogP contribution in [0.5, 0.6) is 0 Å². The average molecular weight is 318 g/mol. The Labute approximate surface area is 122 Å². The average Bonchev–Trinajstić information content (AvgIpc) is 2.45. The largest absolute Gasteiger partial charge is 0.394 e. The fourth-order valence-corrected chi connectivity index (χ4v) is 3.79. The van der Waals surface area contributed by atoms with Gasteiger partial charge in [0.1, 0.15) is 24.4 Å². The zero-order chi connectivity index (χ0) is 15.8. The topological polar surface area (TPSA) is 124 Å². The number of ether oxygens (including phenoxy) is 1. The first-order valence-corrected chi connectivity index (χ1v) is 7.94. The molecule has 4 N–H and O–H groups in total. The van der Waals surface area contributed by atoms with Gasteiger partial charge in [0.25, 0.3) is 0 Å². The Morgan fingerprint density at radius 1 is 1.05 bits per heavy atom. The number of hydrogen-bond donors (Lipinski definition) is 4. The van der Waals surface area contributed by atoms with Crippen LogP contribution >= 0.6 is 0 Å². The number of rotatable bonds is 3. The molecule has 0 radical (unpaired) electrons. The van der Waals surface area contributed by atoms with E-state index < -0.39 is 46.3 Å². The van der Waals surface area contributed by atoms with Gasteiger partial charge in [-0.25, -0.2) is 8.42 Å². The number of aliphatic hydroxyl groups is 4. The van der Waals surface area contributed by atoms with E-state index in [1.807, 2.05) is 0 Å². The summed E-state index contributed by atoms with van der Waals surface area (Å²) in [5, 5.41) is 38.3. The molecule has 2 rings (SSSR count). The van der Waals surface area contributed by atoms with Crippen LogP contribution in [0.25, 0.3) is 0 Å². The maximum Gasteiger partial charge on any atom is 0.207 e. The fraction of sp³-hybridized carbons (Fsp3) is 0.538. The number of aliphatic hydroxyl groups excluding tert-OH is 4. The van der Waals surface area contributed by atoms with Crippen LogP contribution in [-0.2, 0) is 14.6 Å². The van der Waals surface area contributed by atoms with Crippen molar-refractivity contribution in [2.45, 2.75) is 41.7 Å². The molecule has 0 saturated carbocycles. The molecule has 7 nitrogen and oxygen atoms in total. The van der Waals surface area contributed by atoms with Gasteiger partial charge in [-0.2, -0.15) is 0 Å². The van der Waals surface area contributed by atoms with E-state index in [0.29, 0.717) is 0 Å². The van der Waals surface area contributed by atoms with E-state index in [1.54, 1.807) is 19.1 Å². The lowest BCUT2D eigenvalue weighted by atomic mass is 10.0. The van der Waals surface area contributed by atoms with Gasteiger partial charge >= 0.3 is 0 Å². The van der Waals surface area contributed by atoms with Gasteiger partial charge in [0, 0.05) is 0 Å². The normalized spacial score (nSPS) is 33.9. The predicted molar refractivity (Wildman–Crippen MR) is 72.1 cm³/mol. The molecule has 0 bridgehead atoms. The molecule has 5 atom stereocenters. The second kappa shape index (κ2) is 5.99. The Kier molecular flexibility index (Phi) is 4.66. The third-order valence-corrected chi connectivity index (χ3v) is 5.43. The van der Waals surface area contributed by atoms with Gasteiger partial charge in [0.2, 0.25) is 9.84 Å². The molecule has 8 heteroatoms. The molecule has 0 aromatic heterocycles. The van der Waals surface area contributed by atoms with Gasteiger partial charge in [-0.1, -0.05) is 17.7 Å². The summed E-state index contributed by atoms with van der Waals surface area (Å²) in [5.74, 6) is 0. The zero-order valence-electron chi connectivity index (χ0n) is 11.3. The Bertz CT molecular complexity index is 581. The van der Waals surface area contributed by atoms with E-state index in [2.05, 4.69) is 0 Å². The molecule has 0 spiro atoms. The van der Waals surface area contributed by atoms with Gasteiger partial charge in [-0.05, 0) is 19.1 Å². The van der Waals surface area contributed by atoms with Crippen LogP contribution in [0.15, 0.2) is 29.2 Å². The van der Waals surface area contributed by atoms with Crippen molar-refractivity contribution in [2.24, 2.45) is 0 Å². The van der Waals surface area contributed by atoms with Gasteiger partial charge in [0.15, 0.2) is 5.44 Å². The first-order chi connectivity index (χ1) is 9.78. The van der Waals surface area contributed by atoms with Crippen molar-refractivity contribution >= 4 is 9.84 Å². The molecular weight excluding hydrogens is 300 g/mol. The Morgan fingerprint density at radius 3 is 2.14 bits per heavy atom. The van der Waals surface area contributed by atoms with Crippen molar-refractivity contribution < 1.29 is 33.6 Å². The van der Waals surface area contributed by atoms with Gasteiger partial charge in [-0.3, -0.25) is 0 Å². The zero-order valence-corrected chi connectivity index (χ0v) is 12.1. The molecule has 0 amide bonds. The second-order valence-corrected chi connectivity index (χ2v) is 7.08. The molecule has 21 heavy (non-hydrogen) atoms.